The lowest BCUT2D eigenvalue weighted by Gasteiger charge is -2.11. The summed E-state index contributed by atoms with van der Waals surface area (Å²) >= 11 is 11.0. The minimum atomic E-state index is -0.548. The largest absolute Gasteiger partial charge is 0.390 e. The zero-order valence-electron chi connectivity index (χ0n) is 5.48. The number of halogens is 2. The van der Waals surface area contributed by atoms with Gasteiger partial charge in [0.2, 0.25) is 0 Å². The maximum absolute atomic E-state index is 8.99. The van der Waals surface area contributed by atoms with Crippen LogP contribution in [0.2, 0.25) is 0 Å². The topological polar surface area (TPSA) is 20.2 Å². The van der Waals surface area contributed by atoms with Crippen molar-refractivity contribution in [3.63, 3.8) is 0 Å². The van der Waals surface area contributed by atoms with Gasteiger partial charge in [-0.05, 0) is 6.42 Å². The van der Waals surface area contributed by atoms with Gasteiger partial charge in [-0.1, -0.05) is 13.3 Å². The highest BCUT2D eigenvalue weighted by molar-refractivity contribution is 6.23. The van der Waals surface area contributed by atoms with Gasteiger partial charge in [0.25, 0.3) is 0 Å². The van der Waals surface area contributed by atoms with E-state index in [4.69, 9.17) is 28.3 Å². The summed E-state index contributed by atoms with van der Waals surface area (Å²) in [6.45, 7) is 2.02. The quantitative estimate of drug-likeness (QED) is 0.641. The van der Waals surface area contributed by atoms with Gasteiger partial charge in [0, 0.05) is 5.88 Å². The lowest BCUT2D eigenvalue weighted by molar-refractivity contribution is 0.188. The van der Waals surface area contributed by atoms with E-state index in [1.165, 1.54) is 0 Å². The number of hydrogen-bond acceptors (Lipinski definition) is 1. The first-order valence-electron chi connectivity index (χ1n) is 3.10. The van der Waals surface area contributed by atoms with E-state index in [2.05, 4.69) is 0 Å². The molecular weight excluding hydrogens is 159 g/mol. The summed E-state index contributed by atoms with van der Waals surface area (Å²) < 4.78 is 0. The highest BCUT2D eigenvalue weighted by Gasteiger charge is 2.12. The Morgan fingerprint density at radius 2 is 2.11 bits per heavy atom. The van der Waals surface area contributed by atoms with Gasteiger partial charge in [-0.15, -0.1) is 23.2 Å². The van der Waals surface area contributed by atoms with Crippen LogP contribution in [-0.4, -0.2) is 22.5 Å². The molecule has 2 atom stereocenters. The number of aliphatic hydroxyl groups excluding tert-OH is 1. The predicted octanol–water partition coefficient (Wildman–Crippen LogP) is 1.99. The highest BCUT2D eigenvalue weighted by Crippen LogP contribution is 2.10. The molecule has 0 fully saturated rings. The van der Waals surface area contributed by atoms with Crippen LogP contribution in [0.1, 0.15) is 19.8 Å². The van der Waals surface area contributed by atoms with E-state index in [1.54, 1.807) is 0 Å². The Kier molecular flexibility index (Phi) is 5.65. The molecule has 0 aliphatic heterocycles. The molecule has 56 valence electrons. The second-order valence-electron chi connectivity index (χ2n) is 2.03. The molecule has 0 amide bonds. The van der Waals surface area contributed by atoms with Crippen molar-refractivity contribution in [2.24, 2.45) is 0 Å². The van der Waals surface area contributed by atoms with E-state index >= 15 is 0 Å². The summed E-state index contributed by atoms with van der Waals surface area (Å²) in [5.41, 5.74) is 0. The molecule has 0 saturated carbocycles. The number of aliphatic hydroxyl groups is 1. The minimum absolute atomic E-state index is 0.174. The van der Waals surface area contributed by atoms with E-state index in [0.29, 0.717) is 0 Å². The molecule has 1 nitrogen and oxygen atoms in total. The maximum atomic E-state index is 8.99. The normalized spacial score (nSPS) is 17.3. The van der Waals surface area contributed by atoms with Crippen LogP contribution < -0.4 is 0 Å². The van der Waals surface area contributed by atoms with Crippen LogP contribution in [0.25, 0.3) is 0 Å². The summed E-state index contributed by atoms with van der Waals surface area (Å²) in [6.07, 6.45) is 1.27. The Hall–Kier alpha value is 0.540. The van der Waals surface area contributed by atoms with Crippen LogP contribution in [0.4, 0.5) is 0 Å². The number of rotatable bonds is 4. The Morgan fingerprint density at radius 1 is 1.56 bits per heavy atom. The molecular formula is C6H12Cl2O. The molecule has 0 aliphatic rings. The third-order valence-electron chi connectivity index (χ3n) is 1.14. The maximum Gasteiger partial charge on any atom is 0.0838 e. The molecule has 0 aromatic heterocycles. The summed E-state index contributed by atoms with van der Waals surface area (Å²) in [7, 11) is 0. The Labute approximate surface area is 66.0 Å². The Morgan fingerprint density at radius 3 is 2.44 bits per heavy atom. The number of hydrogen-bond donors (Lipinski definition) is 1. The third-order valence-corrected chi connectivity index (χ3v) is 1.97. The van der Waals surface area contributed by atoms with Gasteiger partial charge < -0.3 is 5.11 Å². The minimum Gasteiger partial charge on any atom is -0.390 e. The Bertz CT molecular complexity index is 68.1. The second-order valence-corrected chi connectivity index (χ2v) is 2.90. The zero-order chi connectivity index (χ0) is 7.28. The fraction of sp³-hybridized carbons (Fsp3) is 1.00. The standard InChI is InChI=1S/C6H12Cl2O/c1-2-3-5(8)6(9)4-7/h5-6,9H,2-4H2,1H3. The molecule has 0 bridgehead atoms. The molecule has 0 saturated heterocycles. The number of alkyl halides is 2. The van der Waals surface area contributed by atoms with Crippen molar-refractivity contribution in [1.29, 1.82) is 0 Å². The molecule has 0 aliphatic carbocycles. The fourth-order valence-electron chi connectivity index (χ4n) is 0.565. The molecule has 0 radical (unpaired) electrons. The van der Waals surface area contributed by atoms with Crippen molar-refractivity contribution in [1.82, 2.24) is 0 Å². The summed E-state index contributed by atoms with van der Waals surface area (Å²) in [4.78, 5) is 0. The Balaban J connectivity index is 3.32. The van der Waals surface area contributed by atoms with Crippen LogP contribution in [0.5, 0.6) is 0 Å². The molecule has 0 heterocycles. The van der Waals surface area contributed by atoms with Gasteiger partial charge in [-0.25, -0.2) is 0 Å². The van der Waals surface area contributed by atoms with Crippen molar-refractivity contribution in [3.05, 3.63) is 0 Å². The predicted molar refractivity (Wildman–Crippen MR) is 41.3 cm³/mol. The van der Waals surface area contributed by atoms with E-state index in [9.17, 15) is 0 Å². The van der Waals surface area contributed by atoms with Crippen molar-refractivity contribution in [2.75, 3.05) is 5.88 Å². The molecule has 0 spiro atoms. The average Bonchev–Trinajstić information content (AvgIpc) is 1.87. The molecule has 9 heavy (non-hydrogen) atoms. The van der Waals surface area contributed by atoms with Crippen LogP contribution in [0, 0.1) is 0 Å². The van der Waals surface area contributed by atoms with Gasteiger partial charge in [0.05, 0.1) is 11.5 Å². The first-order chi connectivity index (χ1) is 4.22. The van der Waals surface area contributed by atoms with Crippen molar-refractivity contribution < 1.29 is 5.11 Å². The van der Waals surface area contributed by atoms with E-state index in [-0.39, 0.29) is 11.3 Å². The summed E-state index contributed by atoms with van der Waals surface area (Å²) in [6, 6.07) is 0. The van der Waals surface area contributed by atoms with Crippen molar-refractivity contribution >= 4 is 23.2 Å². The van der Waals surface area contributed by atoms with E-state index in [0.717, 1.165) is 12.8 Å². The average molecular weight is 171 g/mol. The zero-order valence-corrected chi connectivity index (χ0v) is 6.99. The van der Waals surface area contributed by atoms with Crippen LogP contribution >= 0.6 is 23.2 Å². The van der Waals surface area contributed by atoms with Crippen LogP contribution in [0.3, 0.4) is 0 Å². The summed E-state index contributed by atoms with van der Waals surface area (Å²) in [5, 5.41) is 8.82. The molecule has 3 heteroatoms. The third kappa shape index (κ3) is 4.01. The molecule has 0 aromatic carbocycles. The first-order valence-corrected chi connectivity index (χ1v) is 4.07. The van der Waals surface area contributed by atoms with E-state index < -0.39 is 6.10 Å². The lowest BCUT2D eigenvalue weighted by Crippen LogP contribution is -2.21. The van der Waals surface area contributed by atoms with Crippen molar-refractivity contribution in [3.8, 4) is 0 Å². The fourth-order valence-corrected chi connectivity index (χ4v) is 1.18. The van der Waals surface area contributed by atoms with Crippen molar-refractivity contribution in [2.45, 2.75) is 31.2 Å². The first kappa shape index (κ1) is 9.54. The molecule has 0 aromatic rings. The van der Waals surface area contributed by atoms with Gasteiger partial charge in [-0.2, -0.15) is 0 Å². The van der Waals surface area contributed by atoms with E-state index in [1.807, 2.05) is 6.92 Å². The molecule has 0 rings (SSSR count). The van der Waals surface area contributed by atoms with Gasteiger partial charge in [-0.3, -0.25) is 0 Å². The molecule has 1 N–H and O–H groups in total. The smallest absolute Gasteiger partial charge is 0.0838 e. The molecule has 2 unspecified atom stereocenters. The van der Waals surface area contributed by atoms with Gasteiger partial charge in [0.15, 0.2) is 0 Å². The SMILES string of the molecule is CCCC(Cl)C(O)CCl. The summed E-state index contributed by atoms with van der Waals surface area (Å²) in [5.74, 6) is 0.230. The van der Waals surface area contributed by atoms with Gasteiger partial charge in [0.1, 0.15) is 0 Å². The second kappa shape index (κ2) is 5.33. The monoisotopic (exact) mass is 170 g/mol. The van der Waals surface area contributed by atoms with Gasteiger partial charge >= 0.3 is 0 Å². The van der Waals surface area contributed by atoms with Crippen LogP contribution in [-0.2, 0) is 0 Å². The lowest BCUT2D eigenvalue weighted by atomic mass is 10.2. The highest BCUT2D eigenvalue weighted by atomic mass is 35.5. The van der Waals surface area contributed by atoms with Crippen LogP contribution in [0.15, 0.2) is 0 Å².